The number of hydrogen-bond donors (Lipinski definition) is 3. The first kappa shape index (κ1) is 23.0. The quantitative estimate of drug-likeness (QED) is 0.502. The number of aromatic nitrogens is 2. The van der Waals surface area contributed by atoms with Crippen LogP contribution in [0.15, 0.2) is 73.3 Å². The Hall–Kier alpha value is -4.14. The number of benzene rings is 2. The fraction of sp³-hybridized carbons (Fsp3) is 0.280. The first-order valence-electron chi connectivity index (χ1n) is 11.3. The zero-order valence-corrected chi connectivity index (χ0v) is 18.8. The highest BCUT2D eigenvalue weighted by atomic mass is 16.2. The number of anilines is 2. The molecular weight excluding hydrogens is 432 g/mol. The fourth-order valence-electron chi connectivity index (χ4n) is 3.83. The van der Waals surface area contributed by atoms with Crippen LogP contribution in [0.4, 0.5) is 16.2 Å². The van der Waals surface area contributed by atoms with Crippen LogP contribution in [0.2, 0.25) is 0 Å². The lowest BCUT2D eigenvalue weighted by Crippen LogP contribution is -2.47. The number of likely N-dealkylation sites (tertiary alicyclic amines) is 1. The summed E-state index contributed by atoms with van der Waals surface area (Å²) in [6.45, 7) is 1.67. The molecule has 0 spiro atoms. The largest absolute Gasteiger partial charge is 0.349 e. The maximum absolute atomic E-state index is 12.8. The summed E-state index contributed by atoms with van der Waals surface area (Å²) in [5.41, 5.74) is 1.82. The summed E-state index contributed by atoms with van der Waals surface area (Å²) in [7, 11) is 0. The SMILES string of the molecule is O=C(CCn1ccnc1)Nc1cccc(C(=O)NC2CCN(C(=O)Nc3ccccc3)CC2)c1. The van der Waals surface area contributed by atoms with Gasteiger partial charge >= 0.3 is 6.03 Å². The lowest BCUT2D eigenvalue weighted by Gasteiger charge is -2.32. The summed E-state index contributed by atoms with van der Waals surface area (Å²) >= 11 is 0. The van der Waals surface area contributed by atoms with Crippen LogP contribution in [-0.4, -0.2) is 51.4 Å². The normalized spacial score (nSPS) is 13.8. The van der Waals surface area contributed by atoms with E-state index in [-0.39, 0.29) is 23.9 Å². The van der Waals surface area contributed by atoms with Gasteiger partial charge in [-0.25, -0.2) is 9.78 Å². The number of nitrogens with zero attached hydrogens (tertiary/aromatic N) is 3. The standard InChI is InChI=1S/C25H28N6O3/c32-23(11-13-30-16-12-26-18-30)27-22-8-4-5-19(17-22)24(33)28-21-9-14-31(15-10-21)25(34)29-20-6-2-1-3-7-20/h1-8,12,16-18,21H,9-11,13-15H2,(H,27,32)(H,28,33)(H,29,34). The Bertz CT molecular complexity index is 1110. The Morgan fingerprint density at radius 1 is 0.941 bits per heavy atom. The van der Waals surface area contributed by atoms with Crippen molar-refractivity contribution in [2.75, 3.05) is 23.7 Å². The van der Waals surface area contributed by atoms with Crippen molar-refractivity contribution in [3.63, 3.8) is 0 Å². The molecule has 1 aliphatic rings. The second-order valence-electron chi connectivity index (χ2n) is 8.21. The minimum Gasteiger partial charge on any atom is -0.349 e. The van der Waals surface area contributed by atoms with Gasteiger partial charge in [0, 0.05) is 61.4 Å². The van der Waals surface area contributed by atoms with E-state index in [2.05, 4.69) is 20.9 Å². The molecule has 1 aromatic heterocycles. The summed E-state index contributed by atoms with van der Waals surface area (Å²) in [4.78, 5) is 43.1. The van der Waals surface area contributed by atoms with E-state index in [0.717, 1.165) is 5.69 Å². The van der Waals surface area contributed by atoms with Gasteiger partial charge in [0.1, 0.15) is 0 Å². The third-order valence-corrected chi connectivity index (χ3v) is 5.71. The second-order valence-corrected chi connectivity index (χ2v) is 8.21. The Balaban J connectivity index is 1.23. The molecule has 0 saturated carbocycles. The van der Waals surface area contributed by atoms with Crippen LogP contribution in [0.1, 0.15) is 29.6 Å². The van der Waals surface area contributed by atoms with E-state index in [4.69, 9.17) is 0 Å². The third kappa shape index (κ3) is 6.44. The predicted octanol–water partition coefficient (Wildman–Crippen LogP) is 3.34. The van der Waals surface area contributed by atoms with E-state index >= 15 is 0 Å². The molecule has 9 nitrogen and oxygen atoms in total. The highest BCUT2D eigenvalue weighted by Crippen LogP contribution is 2.16. The van der Waals surface area contributed by atoms with Crippen LogP contribution in [0.25, 0.3) is 0 Å². The van der Waals surface area contributed by atoms with Crippen LogP contribution in [0.3, 0.4) is 0 Å². The van der Waals surface area contributed by atoms with E-state index in [1.807, 2.05) is 34.9 Å². The molecule has 34 heavy (non-hydrogen) atoms. The number of piperidine rings is 1. The minimum atomic E-state index is -0.193. The fourth-order valence-corrected chi connectivity index (χ4v) is 3.83. The molecule has 1 saturated heterocycles. The molecule has 176 valence electrons. The molecule has 9 heteroatoms. The molecule has 2 heterocycles. The van der Waals surface area contributed by atoms with E-state index in [9.17, 15) is 14.4 Å². The average Bonchev–Trinajstić information content (AvgIpc) is 3.38. The number of carbonyl (C=O) groups excluding carboxylic acids is 3. The van der Waals surface area contributed by atoms with Crippen LogP contribution in [0, 0.1) is 0 Å². The smallest absolute Gasteiger partial charge is 0.321 e. The van der Waals surface area contributed by atoms with Crippen LogP contribution >= 0.6 is 0 Å². The number of carbonyl (C=O) groups is 3. The molecule has 1 fully saturated rings. The van der Waals surface area contributed by atoms with Crippen molar-refractivity contribution in [2.24, 2.45) is 0 Å². The lowest BCUT2D eigenvalue weighted by atomic mass is 10.0. The molecule has 0 radical (unpaired) electrons. The molecular formula is C25H28N6O3. The van der Waals surface area contributed by atoms with Gasteiger partial charge in [0.15, 0.2) is 0 Å². The Morgan fingerprint density at radius 3 is 2.44 bits per heavy atom. The van der Waals surface area contributed by atoms with Crippen LogP contribution in [0.5, 0.6) is 0 Å². The molecule has 1 aliphatic heterocycles. The van der Waals surface area contributed by atoms with Crippen molar-refractivity contribution in [1.29, 1.82) is 0 Å². The first-order valence-corrected chi connectivity index (χ1v) is 11.3. The molecule has 4 rings (SSSR count). The number of para-hydroxylation sites is 1. The summed E-state index contributed by atoms with van der Waals surface area (Å²) in [5.74, 6) is -0.325. The van der Waals surface area contributed by atoms with Gasteiger partial charge in [0.05, 0.1) is 6.33 Å². The van der Waals surface area contributed by atoms with Crippen LogP contribution in [-0.2, 0) is 11.3 Å². The molecule has 4 amide bonds. The van der Waals surface area contributed by atoms with Crippen molar-refractivity contribution in [3.8, 4) is 0 Å². The van der Waals surface area contributed by atoms with Crippen molar-refractivity contribution in [2.45, 2.75) is 31.8 Å². The number of hydrogen-bond acceptors (Lipinski definition) is 4. The second kappa shape index (κ2) is 11.1. The number of rotatable bonds is 7. The number of amides is 4. The maximum Gasteiger partial charge on any atom is 0.321 e. The zero-order chi connectivity index (χ0) is 23.8. The Morgan fingerprint density at radius 2 is 1.71 bits per heavy atom. The van der Waals surface area contributed by atoms with E-state index in [1.165, 1.54) is 0 Å². The summed E-state index contributed by atoms with van der Waals surface area (Å²) in [5, 5.41) is 8.78. The molecule has 0 aliphatic carbocycles. The first-order chi connectivity index (χ1) is 16.6. The van der Waals surface area contributed by atoms with Gasteiger partial charge in [-0.2, -0.15) is 0 Å². The van der Waals surface area contributed by atoms with Gasteiger partial charge in [-0.1, -0.05) is 24.3 Å². The molecule has 3 N–H and O–H groups in total. The van der Waals surface area contributed by atoms with Gasteiger partial charge in [-0.05, 0) is 43.2 Å². The number of aryl methyl sites for hydroxylation is 1. The average molecular weight is 461 g/mol. The lowest BCUT2D eigenvalue weighted by molar-refractivity contribution is -0.116. The Kier molecular flexibility index (Phi) is 7.54. The van der Waals surface area contributed by atoms with Gasteiger partial charge in [0.25, 0.3) is 5.91 Å². The summed E-state index contributed by atoms with van der Waals surface area (Å²) in [6.07, 6.45) is 6.81. The molecule has 0 unspecified atom stereocenters. The zero-order valence-electron chi connectivity index (χ0n) is 18.8. The third-order valence-electron chi connectivity index (χ3n) is 5.71. The molecule has 0 atom stereocenters. The summed E-state index contributed by atoms with van der Waals surface area (Å²) < 4.78 is 1.83. The topological polar surface area (TPSA) is 108 Å². The maximum atomic E-state index is 12.8. The predicted molar refractivity (Wildman–Crippen MR) is 129 cm³/mol. The monoisotopic (exact) mass is 460 g/mol. The van der Waals surface area contributed by atoms with Gasteiger partial charge < -0.3 is 25.4 Å². The van der Waals surface area contributed by atoms with E-state index in [1.54, 1.807) is 47.9 Å². The highest BCUT2D eigenvalue weighted by Gasteiger charge is 2.24. The highest BCUT2D eigenvalue weighted by molar-refractivity contribution is 5.97. The number of nitrogens with one attached hydrogen (secondary N) is 3. The molecule has 0 bridgehead atoms. The van der Waals surface area contributed by atoms with E-state index < -0.39 is 0 Å². The number of urea groups is 1. The Labute approximate surface area is 198 Å². The summed E-state index contributed by atoms with van der Waals surface area (Å²) in [6, 6.07) is 16.1. The minimum absolute atomic E-state index is 0.0123. The van der Waals surface area contributed by atoms with Crippen LogP contribution < -0.4 is 16.0 Å². The van der Waals surface area contributed by atoms with Gasteiger partial charge in [-0.3, -0.25) is 9.59 Å². The van der Waals surface area contributed by atoms with Crippen molar-refractivity contribution < 1.29 is 14.4 Å². The van der Waals surface area contributed by atoms with E-state index in [0.29, 0.717) is 50.1 Å². The van der Waals surface area contributed by atoms with Gasteiger partial charge in [0.2, 0.25) is 5.91 Å². The molecule has 2 aromatic carbocycles. The van der Waals surface area contributed by atoms with Crippen molar-refractivity contribution in [3.05, 3.63) is 78.9 Å². The van der Waals surface area contributed by atoms with Crippen molar-refractivity contribution >= 4 is 29.2 Å². The van der Waals surface area contributed by atoms with Gasteiger partial charge in [-0.15, -0.1) is 0 Å². The number of imidazole rings is 1. The van der Waals surface area contributed by atoms with Crippen molar-refractivity contribution in [1.82, 2.24) is 19.8 Å². The molecule has 3 aromatic rings.